The number of hydrogen-bond acceptors (Lipinski definition) is 3. The molecule has 0 bridgehead atoms. The SMILES string of the molecule is NC(=O)[C@@H](Cc1ccccc1Br)NC(=O)[C@@H](O)c1ccccc1. The monoisotopic (exact) mass is 376 g/mol. The summed E-state index contributed by atoms with van der Waals surface area (Å²) in [6, 6.07) is 15.0. The summed E-state index contributed by atoms with van der Waals surface area (Å²) in [5, 5.41) is 12.6. The molecule has 0 aliphatic rings. The fourth-order valence-corrected chi connectivity index (χ4v) is 2.59. The van der Waals surface area contributed by atoms with Gasteiger partial charge < -0.3 is 16.2 Å². The van der Waals surface area contributed by atoms with Gasteiger partial charge in [-0.3, -0.25) is 9.59 Å². The van der Waals surface area contributed by atoms with Crippen LogP contribution in [0.5, 0.6) is 0 Å². The summed E-state index contributed by atoms with van der Waals surface area (Å²) in [5.41, 5.74) is 6.66. The third kappa shape index (κ3) is 4.64. The van der Waals surface area contributed by atoms with Gasteiger partial charge >= 0.3 is 0 Å². The normalized spacial score (nSPS) is 13.1. The number of halogens is 1. The molecule has 2 rings (SSSR count). The number of hydrogen-bond donors (Lipinski definition) is 3. The Kier molecular flexibility index (Phi) is 5.90. The molecular weight excluding hydrogens is 360 g/mol. The summed E-state index contributed by atoms with van der Waals surface area (Å²) < 4.78 is 0.823. The van der Waals surface area contributed by atoms with E-state index in [0.29, 0.717) is 5.56 Å². The average Bonchev–Trinajstić information content (AvgIpc) is 2.56. The molecule has 5 nitrogen and oxygen atoms in total. The molecule has 0 saturated heterocycles. The fraction of sp³-hybridized carbons (Fsp3) is 0.176. The van der Waals surface area contributed by atoms with Gasteiger partial charge in [-0.15, -0.1) is 0 Å². The molecular formula is C17H17BrN2O3. The molecule has 0 aliphatic heterocycles. The number of aliphatic hydroxyl groups excluding tert-OH is 1. The van der Waals surface area contributed by atoms with E-state index < -0.39 is 24.0 Å². The van der Waals surface area contributed by atoms with Crippen LogP contribution in [-0.2, 0) is 16.0 Å². The van der Waals surface area contributed by atoms with Gasteiger partial charge in [0, 0.05) is 10.9 Å². The summed E-state index contributed by atoms with van der Waals surface area (Å²) in [7, 11) is 0. The lowest BCUT2D eigenvalue weighted by Gasteiger charge is -2.19. The van der Waals surface area contributed by atoms with Crippen LogP contribution in [0.1, 0.15) is 17.2 Å². The number of nitrogens with two attached hydrogens (primary N) is 1. The maximum atomic E-state index is 12.2. The second-order valence-corrected chi connectivity index (χ2v) is 5.93. The third-order valence-corrected chi connectivity index (χ3v) is 4.18. The Bertz CT molecular complexity index is 691. The molecule has 2 atom stereocenters. The first-order chi connectivity index (χ1) is 11.0. The van der Waals surface area contributed by atoms with Crippen LogP contribution in [0, 0.1) is 0 Å². The van der Waals surface area contributed by atoms with E-state index in [1.54, 1.807) is 30.3 Å². The topological polar surface area (TPSA) is 92.4 Å². The van der Waals surface area contributed by atoms with Gasteiger partial charge in [0.15, 0.2) is 6.10 Å². The van der Waals surface area contributed by atoms with Gasteiger partial charge in [0.2, 0.25) is 5.91 Å². The molecule has 0 unspecified atom stereocenters. The summed E-state index contributed by atoms with van der Waals surface area (Å²) >= 11 is 3.39. The molecule has 0 saturated carbocycles. The number of aliphatic hydroxyl groups is 1. The average molecular weight is 377 g/mol. The Hall–Kier alpha value is -2.18. The van der Waals surface area contributed by atoms with Gasteiger partial charge in [0.1, 0.15) is 6.04 Å². The summed E-state index contributed by atoms with van der Waals surface area (Å²) in [4.78, 5) is 23.8. The van der Waals surface area contributed by atoms with Crippen molar-refractivity contribution >= 4 is 27.7 Å². The number of benzene rings is 2. The number of rotatable bonds is 6. The highest BCUT2D eigenvalue weighted by molar-refractivity contribution is 9.10. The highest BCUT2D eigenvalue weighted by Crippen LogP contribution is 2.18. The van der Waals surface area contributed by atoms with Crippen LogP contribution >= 0.6 is 15.9 Å². The molecule has 0 aromatic heterocycles. The smallest absolute Gasteiger partial charge is 0.254 e. The molecule has 23 heavy (non-hydrogen) atoms. The zero-order valence-corrected chi connectivity index (χ0v) is 13.9. The van der Waals surface area contributed by atoms with Crippen molar-refractivity contribution in [3.8, 4) is 0 Å². The molecule has 0 aliphatic carbocycles. The van der Waals surface area contributed by atoms with Crippen molar-refractivity contribution in [3.63, 3.8) is 0 Å². The Morgan fingerprint density at radius 3 is 2.30 bits per heavy atom. The Morgan fingerprint density at radius 2 is 1.70 bits per heavy atom. The first-order valence-corrected chi connectivity index (χ1v) is 7.84. The second kappa shape index (κ2) is 7.89. The largest absolute Gasteiger partial charge is 0.378 e. The van der Waals surface area contributed by atoms with E-state index >= 15 is 0 Å². The standard InChI is InChI=1S/C17H17BrN2O3/c18-13-9-5-4-8-12(13)10-14(16(19)22)20-17(23)15(21)11-6-2-1-3-7-11/h1-9,14-15,21H,10H2,(H2,19,22)(H,20,23)/t14-,15+/m1/s1. The Labute approximate surface area is 142 Å². The molecule has 0 heterocycles. The highest BCUT2D eigenvalue weighted by atomic mass is 79.9. The maximum absolute atomic E-state index is 12.2. The molecule has 2 amide bonds. The molecule has 6 heteroatoms. The van der Waals surface area contributed by atoms with Crippen molar-refractivity contribution in [3.05, 3.63) is 70.2 Å². The lowest BCUT2D eigenvalue weighted by atomic mass is 10.0. The number of nitrogens with one attached hydrogen (secondary N) is 1. The summed E-state index contributed by atoms with van der Waals surface area (Å²) in [5.74, 6) is -1.32. The van der Waals surface area contributed by atoms with Gasteiger partial charge in [-0.25, -0.2) is 0 Å². The molecule has 0 fully saturated rings. The third-order valence-electron chi connectivity index (χ3n) is 3.41. The van der Waals surface area contributed by atoms with Crippen molar-refractivity contribution in [1.82, 2.24) is 5.32 Å². The van der Waals surface area contributed by atoms with Crippen LogP contribution in [-0.4, -0.2) is 23.0 Å². The number of carbonyl (C=O) groups is 2. The molecule has 4 N–H and O–H groups in total. The zero-order chi connectivity index (χ0) is 16.8. The number of primary amides is 1. The van der Waals surface area contributed by atoms with Gasteiger partial charge in [-0.1, -0.05) is 64.5 Å². The number of carbonyl (C=O) groups excluding carboxylic acids is 2. The van der Waals surface area contributed by atoms with Gasteiger partial charge in [-0.2, -0.15) is 0 Å². The van der Waals surface area contributed by atoms with E-state index in [4.69, 9.17) is 5.73 Å². The molecule has 0 radical (unpaired) electrons. The zero-order valence-electron chi connectivity index (χ0n) is 12.3. The summed E-state index contributed by atoms with van der Waals surface area (Å²) in [6.45, 7) is 0. The van der Waals surface area contributed by atoms with Crippen LogP contribution in [0.15, 0.2) is 59.1 Å². The van der Waals surface area contributed by atoms with E-state index in [0.717, 1.165) is 10.0 Å². The van der Waals surface area contributed by atoms with Crippen molar-refractivity contribution in [1.29, 1.82) is 0 Å². The van der Waals surface area contributed by atoms with E-state index in [1.165, 1.54) is 0 Å². The maximum Gasteiger partial charge on any atom is 0.254 e. The van der Waals surface area contributed by atoms with E-state index in [2.05, 4.69) is 21.2 Å². The Balaban J connectivity index is 2.09. The van der Waals surface area contributed by atoms with Gasteiger partial charge in [-0.05, 0) is 17.2 Å². The minimum Gasteiger partial charge on any atom is -0.378 e. The molecule has 0 spiro atoms. The van der Waals surface area contributed by atoms with E-state index in [1.807, 2.05) is 24.3 Å². The van der Waals surface area contributed by atoms with Crippen LogP contribution in [0.25, 0.3) is 0 Å². The quantitative estimate of drug-likeness (QED) is 0.716. The molecule has 120 valence electrons. The lowest BCUT2D eigenvalue weighted by Crippen LogP contribution is -2.47. The van der Waals surface area contributed by atoms with Crippen LogP contribution < -0.4 is 11.1 Å². The minimum absolute atomic E-state index is 0.240. The van der Waals surface area contributed by atoms with Crippen molar-refractivity contribution < 1.29 is 14.7 Å². The highest BCUT2D eigenvalue weighted by Gasteiger charge is 2.24. The predicted octanol–water partition coefficient (Wildman–Crippen LogP) is 1.70. The number of amides is 2. The lowest BCUT2D eigenvalue weighted by molar-refractivity contribution is -0.133. The summed E-state index contributed by atoms with van der Waals surface area (Å²) in [6.07, 6.45) is -1.11. The molecule has 2 aromatic rings. The predicted molar refractivity (Wildman–Crippen MR) is 90.4 cm³/mol. The fourth-order valence-electron chi connectivity index (χ4n) is 2.14. The van der Waals surface area contributed by atoms with Crippen molar-refractivity contribution in [2.45, 2.75) is 18.6 Å². The van der Waals surface area contributed by atoms with Crippen molar-refractivity contribution in [2.24, 2.45) is 5.73 Å². The first-order valence-electron chi connectivity index (χ1n) is 7.05. The van der Waals surface area contributed by atoms with Gasteiger partial charge in [0.05, 0.1) is 0 Å². The van der Waals surface area contributed by atoms with Crippen LogP contribution in [0.3, 0.4) is 0 Å². The van der Waals surface area contributed by atoms with E-state index in [9.17, 15) is 14.7 Å². The molecule has 2 aromatic carbocycles. The van der Waals surface area contributed by atoms with Crippen molar-refractivity contribution in [2.75, 3.05) is 0 Å². The second-order valence-electron chi connectivity index (χ2n) is 5.07. The van der Waals surface area contributed by atoms with Crippen LogP contribution in [0.4, 0.5) is 0 Å². The Morgan fingerprint density at radius 1 is 1.09 bits per heavy atom. The van der Waals surface area contributed by atoms with Crippen LogP contribution in [0.2, 0.25) is 0 Å². The minimum atomic E-state index is -1.35. The van der Waals surface area contributed by atoms with E-state index in [-0.39, 0.29) is 6.42 Å². The van der Waals surface area contributed by atoms with Gasteiger partial charge in [0.25, 0.3) is 5.91 Å². The first kappa shape index (κ1) is 17.2.